The van der Waals surface area contributed by atoms with Crippen LogP contribution in [-0.4, -0.2) is 35.7 Å². The first kappa shape index (κ1) is 16.9. The van der Waals surface area contributed by atoms with Crippen LogP contribution in [0.25, 0.3) is 0 Å². The Kier molecular flexibility index (Phi) is 6.34. The second-order valence-electron chi connectivity index (χ2n) is 6.13. The van der Waals surface area contributed by atoms with Crippen LogP contribution in [0.2, 0.25) is 10.0 Å². The van der Waals surface area contributed by atoms with Crippen molar-refractivity contribution < 1.29 is 4.74 Å². The van der Waals surface area contributed by atoms with Crippen molar-refractivity contribution in [3.63, 3.8) is 0 Å². The predicted octanol–water partition coefficient (Wildman–Crippen LogP) is 5.39. The molecule has 0 bridgehead atoms. The van der Waals surface area contributed by atoms with Crippen LogP contribution in [0.3, 0.4) is 0 Å². The van der Waals surface area contributed by atoms with E-state index in [1.54, 1.807) is 0 Å². The minimum atomic E-state index is -0.0250. The maximum atomic E-state index is 6.48. The van der Waals surface area contributed by atoms with Gasteiger partial charge < -0.3 is 4.74 Å². The lowest BCUT2D eigenvalue weighted by Gasteiger charge is -2.31. The summed E-state index contributed by atoms with van der Waals surface area (Å²) in [5.74, 6) is 2.28. The number of halogens is 2. The Bertz CT molecular complexity index is 467. The third-order valence-corrected chi connectivity index (χ3v) is 6.16. The molecule has 1 aromatic rings. The van der Waals surface area contributed by atoms with Gasteiger partial charge in [0.15, 0.2) is 0 Å². The number of thioether (sulfide) groups is 1. The molecule has 2 fully saturated rings. The highest BCUT2D eigenvalue weighted by molar-refractivity contribution is 7.99. The third kappa shape index (κ3) is 4.33. The number of hydrogen-bond acceptors (Lipinski definition) is 3. The summed E-state index contributed by atoms with van der Waals surface area (Å²) in [6.07, 6.45) is 6.52. The highest BCUT2D eigenvalue weighted by Gasteiger charge is 2.27. The van der Waals surface area contributed by atoms with Crippen molar-refractivity contribution in [1.29, 1.82) is 0 Å². The number of ether oxygens (including phenoxy) is 1. The largest absolute Gasteiger partial charge is 0.369 e. The second kappa shape index (κ2) is 8.25. The fraction of sp³-hybridized carbons (Fsp3) is 0.647. The third-order valence-electron chi connectivity index (χ3n) is 4.48. The van der Waals surface area contributed by atoms with E-state index in [9.17, 15) is 0 Å². The monoisotopic (exact) mass is 359 g/mol. The Labute approximate surface area is 147 Å². The van der Waals surface area contributed by atoms with Crippen molar-refractivity contribution in [2.24, 2.45) is 0 Å². The summed E-state index contributed by atoms with van der Waals surface area (Å²) in [4.78, 5) is 2.44. The molecule has 0 spiro atoms. The molecule has 2 aliphatic rings. The molecule has 1 aliphatic carbocycles. The summed E-state index contributed by atoms with van der Waals surface area (Å²) in [6.45, 7) is 2.00. The highest BCUT2D eigenvalue weighted by atomic mass is 35.5. The van der Waals surface area contributed by atoms with Crippen LogP contribution in [-0.2, 0) is 4.74 Å². The van der Waals surface area contributed by atoms with E-state index in [4.69, 9.17) is 27.9 Å². The highest BCUT2D eigenvalue weighted by Crippen LogP contribution is 2.36. The lowest BCUT2D eigenvalue weighted by Crippen LogP contribution is -2.30. The second-order valence-corrected chi connectivity index (χ2v) is 8.02. The van der Waals surface area contributed by atoms with Gasteiger partial charge in [0.2, 0.25) is 0 Å². The van der Waals surface area contributed by atoms with Crippen LogP contribution >= 0.6 is 35.0 Å². The van der Waals surface area contributed by atoms with Gasteiger partial charge in [0.25, 0.3) is 0 Å². The molecular formula is C17H23Cl2NOS. The van der Waals surface area contributed by atoms with E-state index in [2.05, 4.69) is 4.90 Å². The van der Waals surface area contributed by atoms with Gasteiger partial charge in [-0.25, -0.2) is 0 Å². The average molecular weight is 360 g/mol. The first-order chi connectivity index (χ1) is 10.7. The van der Waals surface area contributed by atoms with Crippen LogP contribution in [0.5, 0.6) is 0 Å². The first-order valence-electron chi connectivity index (χ1n) is 8.13. The van der Waals surface area contributed by atoms with Gasteiger partial charge in [-0.05, 0) is 25.0 Å². The van der Waals surface area contributed by atoms with Crippen LogP contribution < -0.4 is 0 Å². The molecule has 1 heterocycles. The summed E-state index contributed by atoms with van der Waals surface area (Å²) in [5, 5.41) is 1.44. The van der Waals surface area contributed by atoms with Crippen LogP contribution in [0.4, 0.5) is 0 Å². The Morgan fingerprint density at radius 3 is 2.55 bits per heavy atom. The molecule has 1 unspecified atom stereocenters. The topological polar surface area (TPSA) is 12.5 Å². The van der Waals surface area contributed by atoms with Gasteiger partial charge in [-0.2, -0.15) is 0 Å². The number of nitrogens with zero attached hydrogens (tertiary/aromatic N) is 1. The standard InChI is InChI=1S/C17H23Cl2NOS/c18-14-7-4-8-15(19)17(14)16(11-20-9-10-22-12-20)21-13-5-2-1-3-6-13/h4,7-8,13,16H,1-3,5-6,9-12H2. The molecule has 0 aromatic heterocycles. The van der Waals surface area contributed by atoms with E-state index in [1.807, 2.05) is 30.0 Å². The first-order valence-corrected chi connectivity index (χ1v) is 10.0. The van der Waals surface area contributed by atoms with E-state index >= 15 is 0 Å². The van der Waals surface area contributed by atoms with Crippen molar-refractivity contribution in [3.8, 4) is 0 Å². The molecule has 22 heavy (non-hydrogen) atoms. The molecule has 0 radical (unpaired) electrons. The quantitative estimate of drug-likeness (QED) is 0.699. The summed E-state index contributed by atoms with van der Waals surface area (Å²) >= 11 is 14.9. The molecule has 1 aromatic carbocycles. The molecular weight excluding hydrogens is 337 g/mol. The smallest absolute Gasteiger partial charge is 0.0984 e. The van der Waals surface area contributed by atoms with Crippen molar-refractivity contribution in [1.82, 2.24) is 4.90 Å². The van der Waals surface area contributed by atoms with Crippen molar-refractivity contribution in [2.45, 2.75) is 44.3 Å². The number of benzene rings is 1. The van der Waals surface area contributed by atoms with Gasteiger partial charge in [-0.15, -0.1) is 11.8 Å². The lowest BCUT2D eigenvalue weighted by atomic mass is 9.97. The molecule has 122 valence electrons. The van der Waals surface area contributed by atoms with Gasteiger partial charge in [0.05, 0.1) is 12.2 Å². The summed E-state index contributed by atoms with van der Waals surface area (Å²) in [5.41, 5.74) is 0.966. The van der Waals surface area contributed by atoms with E-state index in [0.717, 1.165) is 47.4 Å². The van der Waals surface area contributed by atoms with E-state index in [-0.39, 0.29) is 6.10 Å². The predicted molar refractivity (Wildman–Crippen MR) is 96.1 cm³/mol. The SMILES string of the molecule is Clc1cccc(Cl)c1C(CN1CCSC1)OC1CCCCC1. The minimum Gasteiger partial charge on any atom is -0.369 e. The Morgan fingerprint density at radius 2 is 1.91 bits per heavy atom. The molecule has 1 atom stereocenters. The summed E-state index contributed by atoms with van der Waals surface area (Å²) < 4.78 is 6.48. The van der Waals surface area contributed by atoms with Crippen LogP contribution in [0, 0.1) is 0 Å². The van der Waals surface area contributed by atoms with Crippen molar-refractivity contribution in [3.05, 3.63) is 33.8 Å². The van der Waals surface area contributed by atoms with Gasteiger partial charge >= 0.3 is 0 Å². The maximum absolute atomic E-state index is 6.48. The Morgan fingerprint density at radius 1 is 1.18 bits per heavy atom. The van der Waals surface area contributed by atoms with Gasteiger partial charge in [-0.1, -0.05) is 48.5 Å². The zero-order valence-electron chi connectivity index (χ0n) is 12.8. The Hall–Kier alpha value is 0.0700. The summed E-state index contributed by atoms with van der Waals surface area (Å²) in [7, 11) is 0. The zero-order valence-corrected chi connectivity index (χ0v) is 15.1. The fourth-order valence-electron chi connectivity index (χ4n) is 3.28. The van der Waals surface area contributed by atoms with Crippen LogP contribution in [0.1, 0.15) is 43.8 Å². The molecule has 0 N–H and O–H groups in total. The van der Waals surface area contributed by atoms with E-state index in [0.29, 0.717) is 6.10 Å². The number of hydrogen-bond donors (Lipinski definition) is 0. The van der Waals surface area contributed by atoms with E-state index < -0.39 is 0 Å². The minimum absolute atomic E-state index is 0.0250. The Balaban J connectivity index is 1.77. The molecule has 0 amide bonds. The van der Waals surface area contributed by atoms with E-state index in [1.165, 1.54) is 25.0 Å². The molecule has 1 saturated carbocycles. The molecule has 3 rings (SSSR count). The van der Waals surface area contributed by atoms with Crippen molar-refractivity contribution in [2.75, 3.05) is 24.7 Å². The lowest BCUT2D eigenvalue weighted by molar-refractivity contribution is -0.0427. The van der Waals surface area contributed by atoms with Gasteiger partial charge in [0.1, 0.15) is 0 Å². The zero-order chi connectivity index (χ0) is 15.4. The normalized spacial score (nSPS) is 22.1. The molecule has 1 saturated heterocycles. The number of rotatable bonds is 5. The molecule has 5 heteroatoms. The van der Waals surface area contributed by atoms with Crippen LogP contribution in [0.15, 0.2) is 18.2 Å². The van der Waals surface area contributed by atoms with Gasteiger partial charge in [0, 0.05) is 40.3 Å². The maximum Gasteiger partial charge on any atom is 0.0984 e. The fourth-order valence-corrected chi connectivity index (χ4v) is 4.93. The summed E-state index contributed by atoms with van der Waals surface area (Å²) in [6, 6.07) is 5.73. The average Bonchev–Trinajstić information content (AvgIpc) is 3.01. The molecule has 1 aliphatic heterocycles. The van der Waals surface area contributed by atoms with Gasteiger partial charge in [-0.3, -0.25) is 4.90 Å². The van der Waals surface area contributed by atoms with Crippen molar-refractivity contribution >= 4 is 35.0 Å². The molecule has 2 nitrogen and oxygen atoms in total.